The Hall–Kier alpha value is -1.83. The number of halogens is 3. The maximum Gasteiger partial charge on any atom is 0.394 e. The zero-order chi connectivity index (χ0) is 15.2. The first-order chi connectivity index (χ1) is 9.86. The molecule has 1 saturated heterocycles. The summed E-state index contributed by atoms with van der Waals surface area (Å²) in [6, 6.07) is 7.24. The first-order valence-corrected chi connectivity index (χ1v) is 7.08. The first kappa shape index (κ1) is 14.1. The molecule has 1 aliphatic heterocycles. The van der Waals surface area contributed by atoms with E-state index in [1.54, 1.807) is 12.1 Å². The molecule has 2 atom stereocenters. The molecule has 4 nitrogen and oxygen atoms in total. The van der Waals surface area contributed by atoms with Crippen LogP contribution in [0.5, 0.6) is 0 Å². The van der Waals surface area contributed by atoms with Gasteiger partial charge in [0, 0.05) is 13.1 Å². The molecule has 0 bridgehead atoms. The smallest absolute Gasteiger partial charge is 0.394 e. The van der Waals surface area contributed by atoms with Crippen LogP contribution >= 0.6 is 11.3 Å². The number of anilines is 1. The Labute approximate surface area is 121 Å². The summed E-state index contributed by atoms with van der Waals surface area (Å²) in [5.41, 5.74) is 0.708. The van der Waals surface area contributed by atoms with Crippen LogP contribution in [-0.4, -0.2) is 35.3 Å². The van der Waals surface area contributed by atoms with E-state index in [9.17, 15) is 18.0 Å². The number of carboxylic acid groups (broad SMARTS) is 1. The Bertz CT molecular complexity index is 652. The zero-order valence-electron chi connectivity index (χ0n) is 10.7. The van der Waals surface area contributed by atoms with E-state index in [1.807, 2.05) is 12.1 Å². The van der Waals surface area contributed by atoms with Gasteiger partial charge in [-0.05, 0) is 12.1 Å². The van der Waals surface area contributed by atoms with E-state index >= 15 is 0 Å². The van der Waals surface area contributed by atoms with Crippen LogP contribution in [0.4, 0.5) is 18.3 Å². The highest BCUT2D eigenvalue weighted by Crippen LogP contribution is 2.41. The van der Waals surface area contributed by atoms with Gasteiger partial charge in [-0.25, -0.2) is 4.98 Å². The molecular weight excluding hydrogens is 305 g/mol. The minimum Gasteiger partial charge on any atom is -0.481 e. The highest BCUT2D eigenvalue weighted by molar-refractivity contribution is 7.22. The summed E-state index contributed by atoms with van der Waals surface area (Å²) in [6.45, 7) is -0.528. The van der Waals surface area contributed by atoms with Gasteiger partial charge in [0.2, 0.25) is 0 Å². The first-order valence-electron chi connectivity index (χ1n) is 6.26. The van der Waals surface area contributed by atoms with E-state index in [2.05, 4.69) is 4.98 Å². The van der Waals surface area contributed by atoms with Gasteiger partial charge < -0.3 is 10.0 Å². The van der Waals surface area contributed by atoms with Gasteiger partial charge in [0.1, 0.15) is 0 Å². The molecular formula is C13H11F3N2O2S. The van der Waals surface area contributed by atoms with Crippen LogP contribution in [0.3, 0.4) is 0 Å². The lowest BCUT2D eigenvalue weighted by Gasteiger charge is -2.17. The van der Waals surface area contributed by atoms with E-state index in [1.165, 1.54) is 16.2 Å². The van der Waals surface area contributed by atoms with Crippen LogP contribution in [0.15, 0.2) is 24.3 Å². The van der Waals surface area contributed by atoms with Crippen LogP contribution < -0.4 is 4.90 Å². The minimum atomic E-state index is -4.52. The second-order valence-electron chi connectivity index (χ2n) is 4.96. The average molecular weight is 316 g/mol. The summed E-state index contributed by atoms with van der Waals surface area (Å²) in [7, 11) is 0. The summed E-state index contributed by atoms with van der Waals surface area (Å²) in [5, 5.41) is 9.45. The predicted octanol–water partition coefficient (Wildman–Crippen LogP) is 3.00. The molecule has 2 aromatic rings. The molecule has 0 radical (unpaired) electrons. The predicted molar refractivity (Wildman–Crippen MR) is 72.5 cm³/mol. The fourth-order valence-corrected chi connectivity index (χ4v) is 3.52. The second kappa shape index (κ2) is 4.87. The number of benzene rings is 1. The molecule has 112 valence electrons. The van der Waals surface area contributed by atoms with Crippen molar-refractivity contribution in [2.75, 3.05) is 18.0 Å². The van der Waals surface area contributed by atoms with Crippen LogP contribution in [0.25, 0.3) is 10.2 Å². The Morgan fingerprint density at radius 1 is 1.33 bits per heavy atom. The normalized spacial score (nSPS) is 22.9. The molecule has 3 rings (SSSR count). The van der Waals surface area contributed by atoms with Gasteiger partial charge >= 0.3 is 12.1 Å². The van der Waals surface area contributed by atoms with Crippen molar-refractivity contribution in [2.45, 2.75) is 6.18 Å². The average Bonchev–Trinajstić information content (AvgIpc) is 3.02. The lowest BCUT2D eigenvalue weighted by atomic mass is 9.96. The van der Waals surface area contributed by atoms with Gasteiger partial charge in [-0.2, -0.15) is 13.2 Å². The maximum absolute atomic E-state index is 13.0. The molecule has 1 fully saturated rings. The number of alkyl halides is 3. The lowest BCUT2D eigenvalue weighted by Crippen LogP contribution is -2.33. The van der Waals surface area contributed by atoms with Crippen molar-refractivity contribution in [3.8, 4) is 0 Å². The number of carbonyl (C=O) groups is 1. The fourth-order valence-electron chi connectivity index (χ4n) is 2.54. The number of aliphatic carboxylic acids is 1. The highest BCUT2D eigenvalue weighted by atomic mass is 32.1. The summed E-state index contributed by atoms with van der Waals surface area (Å²) in [5.74, 6) is -4.72. The summed E-state index contributed by atoms with van der Waals surface area (Å²) >= 11 is 1.28. The number of thiazole rings is 1. The number of aromatic nitrogens is 1. The lowest BCUT2D eigenvalue weighted by molar-refractivity contribution is -0.187. The van der Waals surface area contributed by atoms with Crippen LogP contribution in [-0.2, 0) is 4.79 Å². The molecule has 0 unspecified atom stereocenters. The van der Waals surface area contributed by atoms with Crippen molar-refractivity contribution in [3.63, 3.8) is 0 Å². The standard InChI is InChI=1S/C13H11F3N2O2S/c14-13(15,16)8-6-18(5-7(8)11(19)20)12-17-9-3-1-2-4-10(9)21-12/h1-4,7-8H,5-6H2,(H,19,20)/t7-,8-/m1/s1. The monoisotopic (exact) mass is 316 g/mol. The topological polar surface area (TPSA) is 53.4 Å². The third kappa shape index (κ3) is 2.55. The Morgan fingerprint density at radius 2 is 2.05 bits per heavy atom. The molecule has 1 N–H and O–H groups in total. The maximum atomic E-state index is 13.0. The van der Waals surface area contributed by atoms with Gasteiger partial charge in [0.15, 0.2) is 5.13 Å². The van der Waals surface area contributed by atoms with E-state index in [0.717, 1.165) is 4.70 Å². The van der Waals surface area contributed by atoms with Crippen LogP contribution in [0.1, 0.15) is 0 Å². The fraction of sp³-hybridized carbons (Fsp3) is 0.385. The van der Waals surface area contributed by atoms with E-state index < -0.39 is 24.0 Å². The largest absolute Gasteiger partial charge is 0.481 e. The number of carboxylic acids is 1. The Kier molecular flexibility index (Phi) is 3.27. The highest BCUT2D eigenvalue weighted by Gasteiger charge is 2.53. The van der Waals surface area contributed by atoms with E-state index in [0.29, 0.717) is 10.6 Å². The summed E-state index contributed by atoms with van der Waals surface area (Å²) < 4.78 is 39.7. The molecule has 0 saturated carbocycles. The molecule has 1 aromatic heterocycles. The van der Waals surface area contributed by atoms with Gasteiger partial charge in [-0.15, -0.1) is 0 Å². The van der Waals surface area contributed by atoms with Gasteiger partial charge in [-0.3, -0.25) is 4.79 Å². The summed E-state index contributed by atoms with van der Waals surface area (Å²) in [4.78, 5) is 16.8. The van der Waals surface area contributed by atoms with Crippen LogP contribution in [0, 0.1) is 11.8 Å². The van der Waals surface area contributed by atoms with Gasteiger partial charge in [0.25, 0.3) is 0 Å². The molecule has 2 heterocycles. The van der Waals surface area contributed by atoms with Crippen molar-refractivity contribution in [1.29, 1.82) is 0 Å². The number of para-hydroxylation sites is 1. The van der Waals surface area contributed by atoms with E-state index in [-0.39, 0.29) is 13.1 Å². The van der Waals surface area contributed by atoms with Gasteiger partial charge in [0.05, 0.1) is 22.1 Å². The molecule has 21 heavy (non-hydrogen) atoms. The SMILES string of the molecule is O=C(O)[C@@H]1CN(c2nc3ccccc3s2)C[C@H]1C(F)(F)F. The molecule has 0 spiro atoms. The van der Waals surface area contributed by atoms with Crippen molar-refractivity contribution in [1.82, 2.24) is 4.98 Å². The van der Waals surface area contributed by atoms with Crippen molar-refractivity contribution in [2.24, 2.45) is 11.8 Å². The quantitative estimate of drug-likeness (QED) is 0.925. The molecule has 0 amide bonds. The number of hydrogen-bond donors (Lipinski definition) is 1. The molecule has 1 aliphatic rings. The number of rotatable bonds is 2. The van der Waals surface area contributed by atoms with Crippen LogP contribution in [0.2, 0.25) is 0 Å². The second-order valence-corrected chi connectivity index (χ2v) is 5.97. The van der Waals surface area contributed by atoms with Gasteiger partial charge in [-0.1, -0.05) is 23.5 Å². The number of nitrogens with zero attached hydrogens (tertiary/aromatic N) is 2. The molecule has 0 aliphatic carbocycles. The van der Waals surface area contributed by atoms with Crippen molar-refractivity contribution >= 4 is 32.7 Å². The molecule has 8 heteroatoms. The van der Waals surface area contributed by atoms with Crippen molar-refractivity contribution in [3.05, 3.63) is 24.3 Å². The van der Waals surface area contributed by atoms with E-state index in [4.69, 9.17) is 5.11 Å². The number of hydrogen-bond acceptors (Lipinski definition) is 4. The minimum absolute atomic E-state index is 0.167. The van der Waals surface area contributed by atoms with Crippen molar-refractivity contribution < 1.29 is 23.1 Å². The number of fused-ring (bicyclic) bond motifs is 1. The summed E-state index contributed by atoms with van der Waals surface area (Å²) in [6.07, 6.45) is -4.52. The Morgan fingerprint density at radius 3 is 2.62 bits per heavy atom. The zero-order valence-corrected chi connectivity index (χ0v) is 11.5. The Balaban J connectivity index is 1.91. The third-order valence-corrected chi connectivity index (χ3v) is 4.71. The third-order valence-electron chi connectivity index (χ3n) is 3.61. The molecule has 1 aromatic carbocycles.